The van der Waals surface area contributed by atoms with Crippen LogP contribution in [-0.2, 0) is 18.1 Å². The molecule has 7 heteroatoms. The van der Waals surface area contributed by atoms with Crippen molar-refractivity contribution in [1.29, 1.82) is 0 Å². The molecule has 0 amide bonds. The van der Waals surface area contributed by atoms with E-state index in [0.29, 0.717) is 0 Å². The van der Waals surface area contributed by atoms with Gasteiger partial charge < -0.3 is 4.52 Å². The number of hydrogen-bond donors (Lipinski definition) is 0. The summed E-state index contributed by atoms with van der Waals surface area (Å²) in [5.41, 5.74) is 0. The fourth-order valence-electron chi connectivity index (χ4n) is 0.482. The molecule has 4 nitrogen and oxygen atoms in total. The van der Waals surface area contributed by atoms with E-state index < -0.39 is 7.82 Å². The minimum atomic E-state index is -3.54. The Kier molecular flexibility index (Phi) is 7.81. The van der Waals surface area contributed by atoms with Gasteiger partial charge in [0.25, 0.3) is 0 Å². The predicted molar refractivity (Wildman–Crippen MR) is 52.2 cm³/mol. The lowest BCUT2D eigenvalue weighted by atomic mass is 10.9. The maximum Gasteiger partial charge on any atom is 0.529 e. The maximum atomic E-state index is 11.5. The molecule has 0 spiro atoms. The Hall–Kier alpha value is 0.270. The van der Waals surface area contributed by atoms with Gasteiger partial charge in [-0.15, -0.1) is 23.2 Å². The monoisotopic (exact) mass is 248 g/mol. The molecule has 0 unspecified atom stereocenters. The first-order valence-corrected chi connectivity index (χ1v) is 6.02. The largest absolute Gasteiger partial charge is 0.529 e. The molecule has 0 saturated heterocycles. The van der Waals surface area contributed by atoms with Crippen molar-refractivity contribution in [2.24, 2.45) is 0 Å². The van der Waals surface area contributed by atoms with Crippen LogP contribution in [0.4, 0.5) is 0 Å². The van der Waals surface area contributed by atoms with Crippen molar-refractivity contribution < 1.29 is 18.1 Å². The van der Waals surface area contributed by atoms with Crippen LogP contribution in [0.25, 0.3) is 0 Å². The zero-order chi connectivity index (χ0) is 10.2. The Morgan fingerprint density at radius 2 is 1.69 bits per heavy atom. The Balaban J connectivity index is 3.99. The topological polar surface area (TPSA) is 44.8 Å². The molecule has 0 aliphatic carbocycles. The van der Waals surface area contributed by atoms with Crippen molar-refractivity contribution in [3.05, 3.63) is 12.8 Å². The number of rotatable bonds is 8. The lowest BCUT2D eigenvalue weighted by Crippen LogP contribution is -2.01. The van der Waals surface area contributed by atoms with Crippen molar-refractivity contribution in [3.63, 3.8) is 0 Å². The van der Waals surface area contributed by atoms with Gasteiger partial charge in [-0.1, -0.05) is 6.58 Å². The summed E-state index contributed by atoms with van der Waals surface area (Å²) in [6.07, 6.45) is 0.989. The van der Waals surface area contributed by atoms with Gasteiger partial charge in [0, 0.05) is 11.8 Å². The van der Waals surface area contributed by atoms with E-state index in [0.717, 1.165) is 6.26 Å². The Labute approximate surface area is 87.4 Å². The molecule has 0 aromatic carbocycles. The molecule has 78 valence electrons. The quantitative estimate of drug-likeness (QED) is 0.377. The third-order valence-electron chi connectivity index (χ3n) is 0.857. The molecule has 0 fully saturated rings. The smallest absolute Gasteiger partial charge is 0.413 e. The average molecular weight is 249 g/mol. The molecule has 0 rings (SSSR count). The summed E-state index contributed by atoms with van der Waals surface area (Å²) in [6, 6.07) is 0. The molecule has 0 aromatic rings. The van der Waals surface area contributed by atoms with Gasteiger partial charge in [0.1, 0.15) is 0 Å². The summed E-state index contributed by atoms with van der Waals surface area (Å²) < 4.78 is 25.6. The van der Waals surface area contributed by atoms with E-state index in [4.69, 9.17) is 32.2 Å². The van der Waals surface area contributed by atoms with E-state index in [1.165, 1.54) is 0 Å². The van der Waals surface area contributed by atoms with E-state index in [1.807, 2.05) is 0 Å². The van der Waals surface area contributed by atoms with Crippen molar-refractivity contribution in [1.82, 2.24) is 0 Å². The molecule has 0 radical (unpaired) electrons. The van der Waals surface area contributed by atoms with Gasteiger partial charge in [-0.2, -0.15) is 0 Å². The molecule has 0 atom stereocenters. The molecule has 0 aromatic heterocycles. The molecule has 13 heavy (non-hydrogen) atoms. The van der Waals surface area contributed by atoms with E-state index in [-0.39, 0.29) is 25.0 Å². The standard InChI is InChI=1S/C6H11Cl2O4P/c1-2-10-13(9,11-5-3-7)12-6-4-8/h2H,1,3-6H2. The third-order valence-corrected chi connectivity index (χ3v) is 2.57. The fraction of sp³-hybridized carbons (Fsp3) is 0.667. The minimum absolute atomic E-state index is 0.0783. The normalized spacial score (nSPS) is 11.2. The van der Waals surface area contributed by atoms with Crippen LogP contribution in [0.2, 0.25) is 0 Å². The second kappa shape index (κ2) is 7.65. The highest BCUT2D eigenvalue weighted by molar-refractivity contribution is 7.48. The maximum absolute atomic E-state index is 11.5. The molecule has 0 N–H and O–H groups in total. The Bertz CT molecular complexity index is 175. The van der Waals surface area contributed by atoms with Gasteiger partial charge in [0.05, 0.1) is 19.5 Å². The highest BCUT2D eigenvalue weighted by Gasteiger charge is 2.25. The molecule has 0 aliphatic rings. The first kappa shape index (κ1) is 13.3. The predicted octanol–water partition coefficient (Wildman–Crippen LogP) is 2.77. The van der Waals surface area contributed by atoms with E-state index in [9.17, 15) is 4.57 Å². The van der Waals surface area contributed by atoms with Gasteiger partial charge in [0.15, 0.2) is 0 Å². The molecule has 0 aliphatic heterocycles. The van der Waals surface area contributed by atoms with Crippen LogP contribution in [0.1, 0.15) is 0 Å². The van der Waals surface area contributed by atoms with Crippen molar-refractivity contribution in [2.75, 3.05) is 25.0 Å². The highest BCUT2D eigenvalue weighted by atomic mass is 35.5. The first-order valence-electron chi connectivity index (χ1n) is 3.49. The van der Waals surface area contributed by atoms with Crippen molar-refractivity contribution in [3.8, 4) is 0 Å². The van der Waals surface area contributed by atoms with Crippen LogP contribution in [-0.4, -0.2) is 25.0 Å². The zero-order valence-electron chi connectivity index (χ0n) is 6.95. The minimum Gasteiger partial charge on any atom is -0.413 e. The van der Waals surface area contributed by atoms with Gasteiger partial charge in [-0.05, 0) is 0 Å². The summed E-state index contributed by atoms with van der Waals surface area (Å²) in [5, 5.41) is 0. The van der Waals surface area contributed by atoms with Crippen LogP contribution in [0.5, 0.6) is 0 Å². The Morgan fingerprint density at radius 3 is 2.00 bits per heavy atom. The molecule has 0 heterocycles. The molecule has 0 saturated carbocycles. The first-order chi connectivity index (χ1) is 6.18. The van der Waals surface area contributed by atoms with Crippen molar-refractivity contribution in [2.45, 2.75) is 0 Å². The summed E-state index contributed by atoms with van der Waals surface area (Å²) in [7, 11) is -3.54. The lowest BCUT2D eigenvalue weighted by molar-refractivity contribution is 0.155. The number of halogens is 2. The number of hydrogen-bond acceptors (Lipinski definition) is 4. The van der Waals surface area contributed by atoms with Crippen LogP contribution in [0.3, 0.4) is 0 Å². The summed E-state index contributed by atoms with van der Waals surface area (Å²) >= 11 is 10.7. The molecular formula is C6H11Cl2O4P. The zero-order valence-corrected chi connectivity index (χ0v) is 9.36. The molecular weight excluding hydrogens is 238 g/mol. The van der Waals surface area contributed by atoms with Gasteiger partial charge >= 0.3 is 7.82 Å². The van der Waals surface area contributed by atoms with Gasteiger partial charge in [-0.25, -0.2) is 4.57 Å². The average Bonchev–Trinajstić information content (AvgIpc) is 2.12. The number of alkyl halides is 2. The number of phosphoric ester groups is 1. The SMILES string of the molecule is C=COP(=O)(OCCCl)OCCCl. The third kappa shape index (κ3) is 6.36. The Morgan fingerprint density at radius 1 is 1.23 bits per heavy atom. The summed E-state index contributed by atoms with van der Waals surface area (Å²) in [5.74, 6) is 0.406. The van der Waals surface area contributed by atoms with Gasteiger partial charge in [0.2, 0.25) is 0 Å². The summed E-state index contributed by atoms with van der Waals surface area (Å²) in [4.78, 5) is 0. The van der Waals surface area contributed by atoms with E-state index in [2.05, 4.69) is 11.1 Å². The van der Waals surface area contributed by atoms with E-state index in [1.54, 1.807) is 0 Å². The van der Waals surface area contributed by atoms with E-state index >= 15 is 0 Å². The van der Waals surface area contributed by atoms with Crippen molar-refractivity contribution >= 4 is 31.0 Å². The highest BCUT2D eigenvalue weighted by Crippen LogP contribution is 2.49. The second-order valence-corrected chi connectivity index (χ2v) is 4.14. The second-order valence-electron chi connectivity index (χ2n) is 1.76. The molecule has 0 bridgehead atoms. The van der Waals surface area contributed by atoms with Gasteiger partial charge in [-0.3, -0.25) is 9.05 Å². The summed E-state index contributed by atoms with van der Waals surface area (Å²) in [6.45, 7) is 3.40. The van der Waals surface area contributed by atoms with Crippen LogP contribution in [0.15, 0.2) is 12.8 Å². The van der Waals surface area contributed by atoms with Crippen LogP contribution < -0.4 is 0 Å². The lowest BCUT2D eigenvalue weighted by Gasteiger charge is -2.14. The van der Waals surface area contributed by atoms with Crippen LogP contribution >= 0.6 is 31.0 Å². The van der Waals surface area contributed by atoms with Crippen LogP contribution in [0, 0.1) is 0 Å². The fourth-order valence-corrected chi connectivity index (χ4v) is 1.86. The number of phosphoric acid groups is 1.